The van der Waals surface area contributed by atoms with E-state index >= 15 is 0 Å². The molecule has 6 heteroatoms. The molecule has 116 valence electrons. The Hall–Kier alpha value is -2.34. The number of hydrogen-bond donors (Lipinski definition) is 2. The maximum atomic E-state index is 12.5. The van der Waals surface area contributed by atoms with Crippen molar-refractivity contribution < 1.29 is 18.3 Å². The summed E-state index contributed by atoms with van der Waals surface area (Å²) in [5.74, 6) is -1.06. The summed E-state index contributed by atoms with van der Waals surface area (Å²) in [5, 5.41) is 8.84. The first-order chi connectivity index (χ1) is 10.2. The molecule has 0 amide bonds. The summed E-state index contributed by atoms with van der Waals surface area (Å²) < 4.78 is 27.4. The Morgan fingerprint density at radius 2 is 1.50 bits per heavy atom. The van der Waals surface area contributed by atoms with Crippen molar-refractivity contribution in [2.24, 2.45) is 0 Å². The molecule has 0 spiro atoms. The minimum atomic E-state index is -3.71. The molecular formula is C16H17NO4S. The highest BCUT2D eigenvalue weighted by Gasteiger charge is 2.18. The number of rotatable bonds is 4. The van der Waals surface area contributed by atoms with E-state index in [1.165, 1.54) is 24.3 Å². The zero-order valence-electron chi connectivity index (χ0n) is 12.5. The van der Waals surface area contributed by atoms with Gasteiger partial charge in [-0.1, -0.05) is 6.07 Å². The molecule has 0 heterocycles. The molecule has 2 N–H and O–H groups in total. The van der Waals surface area contributed by atoms with Crippen LogP contribution in [0.15, 0.2) is 41.3 Å². The van der Waals surface area contributed by atoms with Gasteiger partial charge in [-0.2, -0.15) is 0 Å². The highest BCUT2D eigenvalue weighted by Crippen LogP contribution is 2.23. The van der Waals surface area contributed by atoms with Gasteiger partial charge in [0.2, 0.25) is 0 Å². The fourth-order valence-electron chi connectivity index (χ4n) is 2.11. The fourth-order valence-corrected chi connectivity index (χ4v) is 3.49. The zero-order valence-corrected chi connectivity index (χ0v) is 13.4. The van der Waals surface area contributed by atoms with E-state index in [1.807, 2.05) is 19.9 Å². The molecule has 0 atom stereocenters. The van der Waals surface area contributed by atoms with E-state index in [0.717, 1.165) is 11.1 Å². The molecule has 0 radical (unpaired) electrons. The van der Waals surface area contributed by atoms with Gasteiger partial charge < -0.3 is 5.11 Å². The first-order valence-corrected chi connectivity index (χ1v) is 8.13. The van der Waals surface area contributed by atoms with Crippen LogP contribution < -0.4 is 4.72 Å². The lowest BCUT2D eigenvalue weighted by Crippen LogP contribution is -2.15. The van der Waals surface area contributed by atoms with Crippen molar-refractivity contribution in [3.8, 4) is 0 Å². The summed E-state index contributed by atoms with van der Waals surface area (Å²) >= 11 is 0. The Bertz CT molecular complexity index is 824. The topological polar surface area (TPSA) is 83.5 Å². The van der Waals surface area contributed by atoms with E-state index in [1.54, 1.807) is 13.0 Å². The molecule has 5 nitrogen and oxygen atoms in total. The van der Waals surface area contributed by atoms with Gasteiger partial charge in [0.15, 0.2) is 0 Å². The Morgan fingerprint density at radius 1 is 0.955 bits per heavy atom. The van der Waals surface area contributed by atoms with Crippen LogP contribution in [-0.2, 0) is 10.0 Å². The van der Waals surface area contributed by atoms with Crippen molar-refractivity contribution in [2.45, 2.75) is 25.7 Å². The molecule has 0 unspecified atom stereocenters. The second kappa shape index (κ2) is 5.81. The Labute approximate surface area is 129 Å². The van der Waals surface area contributed by atoms with E-state index in [2.05, 4.69) is 4.72 Å². The Balaban J connectivity index is 2.35. The van der Waals surface area contributed by atoms with Crippen LogP contribution in [0.3, 0.4) is 0 Å². The van der Waals surface area contributed by atoms with Gasteiger partial charge >= 0.3 is 5.97 Å². The van der Waals surface area contributed by atoms with Crippen molar-refractivity contribution in [1.82, 2.24) is 0 Å². The smallest absolute Gasteiger partial charge is 0.335 e. The first kappa shape index (κ1) is 16.0. The number of carbonyl (C=O) groups is 1. The number of carboxylic acids is 1. The molecule has 22 heavy (non-hydrogen) atoms. The number of nitrogens with one attached hydrogen (secondary N) is 1. The summed E-state index contributed by atoms with van der Waals surface area (Å²) in [7, 11) is -3.71. The lowest BCUT2D eigenvalue weighted by atomic mass is 10.1. The number of hydrogen-bond acceptors (Lipinski definition) is 3. The van der Waals surface area contributed by atoms with Crippen molar-refractivity contribution in [3.05, 3.63) is 58.7 Å². The quantitative estimate of drug-likeness (QED) is 0.907. The highest BCUT2D eigenvalue weighted by molar-refractivity contribution is 7.92. The summed E-state index contributed by atoms with van der Waals surface area (Å²) in [6.45, 7) is 5.53. The van der Waals surface area contributed by atoms with Crippen molar-refractivity contribution in [2.75, 3.05) is 4.72 Å². The van der Waals surface area contributed by atoms with E-state index in [4.69, 9.17) is 5.11 Å². The second-order valence-corrected chi connectivity index (χ2v) is 6.84. The first-order valence-electron chi connectivity index (χ1n) is 6.65. The molecule has 0 aromatic heterocycles. The van der Waals surface area contributed by atoms with Crippen LogP contribution in [0, 0.1) is 20.8 Å². The third kappa shape index (κ3) is 3.28. The molecule has 0 saturated heterocycles. The second-order valence-electron chi connectivity index (χ2n) is 5.19. The van der Waals surface area contributed by atoms with Gasteiger partial charge in [-0.05, 0) is 67.8 Å². The largest absolute Gasteiger partial charge is 0.478 e. The average Bonchev–Trinajstić information content (AvgIpc) is 2.42. The molecule has 2 aromatic rings. The van der Waals surface area contributed by atoms with Crippen molar-refractivity contribution in [1.29, 1.82) is 0 Å². The van der Waals surface area contributed by atoms with Crippen LogP contribution in [0.25, 0.3) is 0 Å². The molecule has 0 bridgehead atoms. The van der Waals surface area contributed by atoms with Crippen LogP contribution >= 0.6 is 0 Å². The normalized spacial score (nSPS) is 11.2. The number of anilines is 1. The number of carboxylic acid groups (broad SMARTS) is 1. The Kier molecular flexibility index (Phi) is 4.23. The van der Waals surface area contributed by atoms with Crippen molar-refractivity contribution in [3.63, 3.8) is 0 Å². The van der Waals surface area contributed by atoms with Gasteiger partial charge in [-0.15, -0.1) is 0 Å². The molecule has 2 aromatic carbocycles. The SMILES string of the molecule is Cc1cc(C)c(S(=O)(=O)Nc2ccc(C(=O)O)cc2)cc1C. The maximum Gasteiger partial charge on any atom is 0.335 e. The highest BCUT2D eigenvalue weighted by atomic mass is 32.2. The van der Waals surface area contributed by atoms with Crippen LogP contribution in [-0.4, -0.2) is 19.5 Å². The summed E-state index contributed by atoms with van der Waals surface area (Å²) in [4.78, 5) is 11.0. The monoisotopic (exact) mass is 319 g/mol. The fraction of sp³-hybridized carbons (Fsp3) is 0.188. The maximum absolute atomic E-state index is 12.5. The summed E-state index contributed by atoms with van der Waals surface area (Å²) in [5.41, 5.74) is 3.01. The van der Waals surface area contributed by atoms with E-state index in [-0.39, 0.29) is 10.5 Å². The predicted molar refractivity (Wildman–Crippen MR) is 84.9 cm³/mol. The van der Waals surface area contributed by atoms with Gasteiger partial charge in [0.05, 0.1) is 10.5 Å². The minimum absolute atomic E-state index is 0.102. The lowest BCUT2D eigenvalue weighted by molar-refractivity contribution is 0.0697. The lowest BCUT2D eigenvalue weighted by Gasteiger charge is -2.12. The molecule has 0 aliphatic heterocycles. The van der Waals surface area contributed by atoms with Gasteiger partial charge in [0.1, 0.15) is 0 Å². The van der Waals surface area contributed by atoms with E-state index in [0.29, 0.717) is 11.3 Å². The molecule has 2 rings (SSSR count). The predicted octanol–water partition coefficient (Wildman–Crippen LogP) is 3.11. The van der Waals surface area contributed by atoms with Gasteiger partial charge in [-0.25, -0.2) is 13.2 Å². The van der Waals surface area contributed by atoms with Crippen LogP contribution in [0.1, 0.15) is 27.0 Å². The van der Waals surface area contributed by atoms with Gasteiger partial charge in [0, 0.05) is 5.69 Å². The zero-order chi connectivity index (χ0) is 16.5. The van der Waals surface area contributed by atoms with Crippen LogP contribution in [0.2, 0.25) is 0 Å². The standard InChI is InChI=1S/C16H17NO4S/c1-10-8-12(3)15(9-11(10)2)22(20,21)17-14-6-4-13(5-7-14)16(18)19/h4-9,17H,1-3H3,(H,18,19). The molecular weight excluding hydrogens is 302 g/mol. The third-order valence-corrected chi connectivity index (χ3v) is 4.99. The number of aryl methyl sites for hydroxylation is 3. The van der Waals surface area contributed by atoms with Gasteiger partial charge in [0.25, 0.3) is 10.0 Å². The van der Waals surface area contributed by atoms with E-state index in [9.17, 15) is 13.2 Å². The van der Waals surface area contributed by atoms with Crippen LogP contribution in [0.5, 0.6) is 0 Å². The molecule has 0 aliphatic rings. The van der Waals surface area contributed by atoms with Crippen LogP contribution in [0.4, 0.5) is 5.69 Å². The average molecular weight is 319 g/mol. The minimum Gasteiger partial charge on any atom is -0.478 e. The molecule has 0 saturated carbocycles. The van der Waals surface area contributed by atoms with E-state index < -0.39 is 16.0 Å². The molecule has 0 fully saturated rings. The number of benzene rings is 2. The number of aromatic carboxylic acids is 1. The summed E-state index contributed by atoms with van der Waals surface area (Å²) in [6, 6.07) is 9.03. The molecule has 0 aliphatic carbocycles. The third-order valence-electron chi connectivity index (χ3n) is 3.46. The summed E-state index contributed by atoms with van der Waals surface area (Å²) in [6.07, 6.45) is 0. The van der Waals surface area contributed by atoms with Gasteiger partial charge in [-0.3, -0.25) is 4.72 Å². The number of sulfonamides is 1. The Morgan fingerprint density at radius 3 is 2.05 bits per heavy atom. The van der Waals surface area contributed by atoms with Crippen molar-refractivity contribution >= 4 is 21.7 Å².